The van der Waals surface area contributed by atoms with Crippen LogP contribution in [0.2, 0.25) is 0 Å². The van der Waals surface area contributed by atoms with Gasteiger partial charge in [-0.25, -0.2) is 0 Å². The predicted octanol–water partition coefficient (Wildman–Crippen LogP) is 1.96. The van der Waals surface area contributed by atoms with Gasteiger partial charge in [0.15, 0.2) is 0 Å². The minimum Gasteiger partial charge on any atom is -0.389 e. The smallest absolute Gasteiger partial charge is 0.241 e. The molecule has 0 radical (unpaired) electrons. The molecule has 0 aromatic carbocycles. The Hall–Kier alpha value is -1.25. The Kier molecular flexibility index (Phi) is 12.8. The second-order valence-electron chi connectivity index (χ2n) is 2.65. The molecule has 82 valence electrons. The van der Waals surface area contributed by atoms with Gasteiger partial charge in [0, 0.05) is 12.2 Å². The Morgan fingerprint density at radius 2 is 2.07 bits per heavy atom. The topological polar surface area (TPSA) is 55.1 Å². The van der Waals surface area contributed by atoms with E-state index in [4.69, 9.17) is 5.73 Å². The Bertz CT molecular complexity index is 186. The van der Waals surface area contributed by atoms with E-state index in [0.717, 1.165) is 25.1 Å². The summed E-state index contributed by atoms with van der Waals surface area (Å²) in [6.45, 7) is 10.5. The van der Waals surface area contributed by atoms with Crippen LogP contribution in [-0.4, -0.2) is 12.5 Å². The lowest BCUT2D eigenvalue weighted by Gasteiger charge is -2.01. The van der Waals surface area contributed by atoms with Gasteiger partial charge >= 0.3 is 0 Å². The van der Waals surface area contributed by atoms with Crippen LogP contribution < -0.4 is 11.1 Å². The average molecular weight is 198 g/mol. The number of nitrogens with one attached hydrogen (secondary N) is 1. The zero-order valence-electron chi connectivity index (χ0n) is 9.47. The fourth-order valence-electron chi connectivity index (χ4n) is 0.721. The van der Waals surface area contributed by atoms with Crippen molar-refractivity contribution in [2.24, 2.45) is 5.73 Å². The summed E-state index contributed by atoms with van der Waals surface area (Å²) >= 11 is 0. The van der Waals surface area contributed by atoms with E-state index in [9.17, 15) is 4.79 Å². The van der Waals surface area contributed by atoms with E-state index in [0.29, 0.717) is 0 Å². The van der Waals surface area contributed by atoms with Gasteiger partial charge < -0.3 is 11.1 Å². The first-order chi connectivity index (χ1) is 6.63. The molecule has 0 aromatic heterocycles. The molecule has 0 spiro atoms. The molecule has 3 nitrogen and oxygen atoms in total. The molecule has 0 aliphatic rings. The third-order valence-electron chi connectivity index (χ3n) is 1.26. The molecule has 0 saturated carbocycles. The number of nitrogens with two attached hydrogens (primary N) is 1. The van der Waals surface area contributed by atoms with Gasteiger partial charge in [0.25, 0.3) is 0 Å². The fraction of sp³-hybridized carbons (Fsp3) is 0.545. The van der Waals surface area contributed by atoms with Gasteiger partial charge in [-0.3, -0.25) is 4.79 Å². The first-order valence-corrected chi connectivity index (χ1v) is 4.98. The van der Waals surface area contributed by atoms with Crippen LogP contribution in [0.4, 0.5) is 0 Å². The number of hydrogen-bond acceptors (Lipinski definition) is 2. The summed E-state index contributed by atoms with van der Waals surface area (Å²) < 4.78 is 0. The third-order valence-corrected chi connectivity index (χ3v) is 1.26. The number of rotatable bonds is 6. The molecular weight excluding hydrogens is 176 g/mol. The second kappa shape index (κ2) is 11.8. The number of unbranched alkanes of at least 4 members (excludes halogenated alkanes) is 1. The van der Waals surface area contributed by atoms with Crippen molar-refractivity contribution >= 4 is 5.91 Å². The molecule has 0 heterocycles. The third kappa shape index (κ3) is 17.0. The standard InChI is InChI=1S/C9H16N2O.C2H6/c1-8(2)11-7-5-3-4-6-9(10)12;1-2/h4,6,11H,1,3,5,7H2,2H3,(H2,10,12);1-2H3/b6-4+;. The molecule has 0 aromatic rings. The van der Waals surface area contributed by atoms with Crippen LogP contribution in [-0.2, 0) is 4.79 Å². The van der Waals surface area contributed by atoms with Crippen LogP contribution in [0.25, 0.3) is 0 Å². The summed E-state index contributed by atoms with van der Waals surface area (Å²) in [5.41, 5.74) is 5.87. The zero-order chi connectivity index (χ0) is 11.4. The van der Waals surface area contributed by atoms with Crippen LogP contribution in [0.1, 0.15) is 33.6 Å². The Morgan fingerprint density at radius 3 is 2.50 bits per heavy atom. The van der Waals surface area contributed by atoms with Gasteiger partial charge in [0.1, 0.15) is 0 Å². The zero-order valence-corrected chi connectivity index (χ0v) is 9.47. The lowest BCUT2D eigenvalue weighted by molar-refractivity contribution is -0.113. The van der Waals surface area contributed by atoms with E-state index >= 15 is 0 Å². The Balaban J connectivity index is 0. The van der Waals surface area contributed by atoms with E-state index in [1.165, 1.54) is 6.08 Å². The summed E-state index contributed by atoms with van der Waals surface area (Å²) in [5, 5.41) is 3.09. The van der Waals surface area contributed by atoms with Crippen LogP contribution in [0.5, 0.6) is 0 Å². The van der Waals surface area contributed by atoms with Crippen molar-refractivity contribution in [3.63, 3.8) is 0 Å². The summed E-state index contributed by atoms with van der Waals surface area (Å²) in [6.07, 6.45) is 5.02. The van der Waals surface area contributed by atoms with Gasteiger partial charge in [-0.15, -0.1) is 0 Å². The molecule has 0 aliphatic heterocycles. The summed E-state index contributed by atoms with van der Waals surface area (Å²) in [4.78, 5) is 10.2. The molecule has 0 fully saturated rings. The highest BCUT2D eigenvalue weighted by atomic mass is 16.1. The highest BCUT2D eigenvalue weighted by molar-refractivity contribution is 5.85. The highest BCUT2D eigenvalue weighted by Crippen LogP contribution is 1.90. The van der Waals surface area contributed by atoms with E-state index < -0.39 is 0 Å². The number of amides is 1. The van der Waals surface area contributed by atoms with Gasteiger partial charge in [0.05, 0.1) is 0 Å². The van der Waals surface area contributed by atoms with E-state index in [1.54, 1.807) is 6.08 Å². The van der Waals surface area contributed by atoms with Crippen LogP contribution in [0.3, 0.4) is 0 Å². The monoisotopic (exact) mass is 198 g/mol. The van der Waals surface area contributed by atoms with Crippen LogP contribution in [0.15, 0.2) is 24.4 Å². The molecule has 0 unspecified atom stereocenters. The molecule has 3 N–H and O–H groups in total. The Labute approximate surface area is 87.1 Å². The summed E-state index contributed by atoms with van der Waals surface area (Å²) in [7, 11) is 0. The fourth-order valence-corrected chi connectivity index (χ4v) is 0.721. The number of hydrogen-bond donors (Lipinski definition) is 2. The molecule has 0 rings (SSSR count). The van der Waals surface area contributed by atoms with E-state index in [-0.39, 0.29) is 5.91 Å². The second-order valence-corrected chi connectivity index (χ2v) is 2.65. The largest absolute Gasteiger partial charge is 0.389 e. The first-order valence-electron chi connectivity index (χ1n) is 4.98. The normalized spacial score (nSPS) is 9.07. The van der Waals surface area contributed by atoms with Gasteiger partial charge in [-0.1, -0.05) is 26.5 Å². The maximum Gasteiger partial charge on any atom is 0.241 e. The summed E-state index contributed by atoms with van der Waals surface area (Å²) in [5.74, 6) is -0.386. The predicted molar refractivity (Wildman–Crippen MR) is 61.7 cm³/mol. The number of allylic oxidation sites excluding steroid dienone is 2. The Morgan fingerprint density at radius 1 is 1.50 bits per heavy atom. The van der Waals surface area contributed by atoms with E-state index in [1.807, 2.05) is 20.8 Å². The first kappa shape index (κ1) is 15.2. The van der Waals surface area contributed by atoms with E-state index in [2.05, 4.69) is 11.9 Å². The molecule has 0 aliphatic carbocycles. The van der Waals surface area contributed by atoms with Crippen molar-refractivity contribution in [3.8, 4) is 0 Å². The number of carbonyl (C=O) groups excluding carboxylic acids is 1. The quantitative estimate of drug-likeness (QED) is 0.506. The van der Waals surface area contributed by atoms with Crippen molar-refractivity contribution in [3.05, 3.63) is 24.4 Å². The number of carbonyl (C=O) groups is 1. The lowest BCUT2D eigenvalue weighted by Crippen LogP contribution is -2.11. The van der Waals surface area contributed by atoms with Crippen LogP contribution >= 0.6 is 0 Å². The van der Waals surface area contributed by atoms with Crippen molar-refractivity contribution < 1.29 is 4.79 Å². The van der Waals surface area contributed by atoms with Gasteiger partial charge in [-0.05, 0) is 25.8 Å². The molecule has 0 bridgehead atoms. The molecule has 1 amide bonds. The number of primary amides is 1. The SMILES string of the molecule is C=C(C)NCCC/C=C/C(N)=O.CC. The minimum atomic E-state index is -0.386. The lowest BCUT2D eigenvalue weighted by atomic mass is 10.3. The highest BCUT2D eigenvalue weighted by Gasteiger charge is 1.85. The maximum absolute atomic E-state index is 10.2. The molecule has 3 heteroatoms. The van der Waals surface area contributed by atoms with Crippen molar-refractivity contribution in [1.29, 1.82) is 0 Å². The van der Waals surface area contributed by atoms with Gasteiger partial charge in [0.2, 0.25) is 5.91 Å². The molecule has 0 atom stereocenters. The van der Waals surface area contributed by atoms with Crippen molar-refractivity contribution in [2.75, 3.05) is 6.54 Å². The molecule has 14 heavy (non-hydrogen) atoms. The maximum atomic E-state index is 10.2. The average Bonchev–Trinajstić information content (AvgIpc) is 2.13. The molecule has 0 saturated heterocycles. The molecular formula is C11H22N2O. The minimum absolute atomic E-state index is 0.386. The van der Waals surface area contributed by atoms with Gasteiger partial charge in [-0.2, -0.15) is 0 Å². The van der Waals surface area contributed by atoms with Crippen molar-refractivity contribution in [2.45, 2.75) is 33.6 Å². The van der Waals surface area contributed by atoms with Crippen LogP contribution in [0, 0.1) is 0 Å². The summed E-state index contributed by atoms with van der Waals surface area (Å²) in [6, 6.07) is 0. The van der Waals surface area contributed by atoms with Crippen molar-refractivity contribution in [1.82, 2.24) is 5.32 Å².